The highest BCUT2D eigenvalue weighted by Crippen LogP contribution is 2.17. The molecule has 0 radical (unpaired) electrons. The number of hydrogen-bond acceptors (Lipinski definition) is 3. The van der Waals surface area contributed by atoms with Crippen molar-refractivity contribution < 1.29 is 0 Å². The van der Waals surface area contributed by atoms with Gasteiger partial charge in [0.05, 0.1) is 30.2 Å². The zero-order chi connectivity index (χ0) is 14.8. The Morgan fingerprint density at radius 1 is 1.25 bits per heavy atom. The minimum absolute atomic E-state index is 0.0608. The smallest absolute Gasteiger partial charge is 0.253 e. The molecule has 0 unspecified atom stereocenters. The van der Waals surface area contributed by atoms with Crippen LogP contribution in [0.25, 0.3) is 0 Å². The molecule has 0 saturated carbocycles. The molecule has 0 atom stereocenters. The standard InChI is InChI=1S/C16H17N3O/c1-16(2,3)14-8-15(20)19(11-18-14)10-13-6-4-12(9-17)5-7-13/h4-8,11H,10H2,1-3H3. The fourth-order valence-corrected chi connectivity index (χ4v) is 1.84. The summed E-state index contributed by atoms with van der Waals surface area (Å²) >= 11 is 0. The predicted molar refractivity (Wildman–Crippen MR) is 77.5 cm³/mol. The highest BCUT2D eigenvalue weighted by molar-refractivity contribution is 5.31. The van der Waals surface area contributed by atoms with Gasteiger partial charge in [-0.3, -0.25) is 9.36 Å². The second kappa shape index (κ2) is 5.30. The SMILES string of the molecule is CC(C)(C)c1cc(=O)n(Cc2ccc(C#N)cc2)cn1. The molecule has 1 aromatic heterocycles. The van der Waals surface area contributed by atoms with Crippen LogP contribution >= 0.6 is 0 Å². The maximum Gasteiger partial charge on any atom is 0.253 e. The van der Waals surface area contributed by atoms with Gasteiger partial charge in [-0.2, -0.15) is 5.26 Å². The Morgan fingerprint density at radius 3 is 2.40 bits per heavy atom. The molecule has 0 N–H and O–H groups in total. The van der Waals surface area contributed by atoms with Crippen molar-refractivity contribution in [2.24, 2.45) is 0 Å². The van der Waals surface area contributed by atoms with Crippen molar-refractivity contribution in [3.05, 3.63) is 63.8 Å². The molecule has 0 fully saturated rings. The summed E-state index contributed by atoms with van der Waals surface area (Å²) in [5.74, 6) is 0. The summed E-state index contributed by atoms with van der Waals surface area (Å²) in [6, 6.07) is 10.9. The molecule has 2 rings (SSSR count). The Hall–Kier alpha value is -2.41. The van der Waals surface area contributed by atoms with Crippen LogP contribution in [0.4, 0.5) is 0 Å². The molecular weight excluding hydrogens is 250 g/mol. The molecule has 1 heterocycles. The molecule has 4 heteroatoms. The van der Waals surface area contributed by atoms with Crippen LogP contribution < -0.4 is 5.56 Å². The maximum absolute atomic E-state index is 12.1. The van der Waals surface area contributed by atoms with E-state index in [1.165, 1.54) is 0 Å². The Labute approximate surface area is 118 Å². The van der Waals surface area contributed by atoms with Crippen molar-refractivity contribution in [1.29, 1.82) is 5.26 Å². The molecule has 0 aliphatic rings. The van der Waals surface area contributed by atoms with Crippen molar-refractivity contribution >= 4 is 0 Å². The van der Waals surface area contributed by atoms with Gasteiger partial charge in [0, 0.05) is 11.5 Å². The maximum atomic E-state index is 12.1. The van der Waals surface area contributed by atoms with Crippen LogP contribution in [0.15, 0.2) is 41.5 Å². The Kier molecular flexibility index (Phi) is 3.71. The summed E-state index contributed by atoms with van der Waals surface area (Å²) in [5.41, 5.74) is 2.18. The van der Waals surface area contributed by atoms with Gasteiger partial charge in [-0.25, -0.2) is 4.98 Å². The normalized spacial score (nSPS) is 11.1. The molecule has 1 aromatic carbocycles. The summed E-state index contributed by atoms with van der Waals surface area (Å²) < 4.78 is 1.57. The van der Waals surface area contributed by atoms with E-state index in [4.69, 9.17) is 5.26 Å². The number of nitriles is 1. The lowest BCUT2D eigenvalue weighted by molar-refractivity contribution is 0.557. The first-order chi connectivity index (χ1) is 9.40. The monoisotopic (exact) mass is 267 g/mol. The predicted octanol–water partition coefficient (Wildman–Crippen LogP) is 2.46. The van der Waals surface area contributed by atoms with Gasteiger partial charge in [0.25, 0.3) is 5.56 Å². The molecule has 2 aromatic rings. The van der Waals surface area contributed by atoms with Gasteiger partial charge in [0.15, 0.2) is 0 Å². The summed E-state index contributed by atoms with van der Waals surface area (Å²) in [6.45, 7) is 6.54. The van der Waals surface area contributed by atoms with Gasteiger partial charge in [-0.15, -0.1) is 0 Å². The zero-order valence-electron chi connectivity index (χ0n) is 11.9. The van der Waals surface area contributed by atoms with Crippen LogP contribution in [0.2, 0.25) is 0 Å². The summed E-state index contributed by atoms with van der Waals surface area (Å²) in [4.78, 5) is 16.4. The quantitative estimate of drug-likeness (QED) is 0.839. The number of aromatic nitrogens is 2. The number of rotatable bonds is 2. The summed E-state index contributed by atoms with van der Waals surface area (Å²) in [7, 11) is 0. The van der Waals surface area contributed by atoms with E-state index < -0.39 is 0 Å². The van der Waals surface area contributed by atoms with E-state index in [0.717, 1.165) is 11.3 Å². The number of benzene rings is 1. The van der Waals surface area contributed by atoms with Crippen LogP contribution in [0, 0.1) is 11.3 Å². The second-order valence-corrected chi connectivity index (χ2v) is 5.80. The lowest BCUT2D eigenvalue weighted by Crippen LogP contribution is -2.25. The van der Waals surface area contributed by atoms with Crippen LogP contribution in [-0.2, 0) is 12.0 Å². The minimum Gasteiger partial charge on any atom is -0.295 e. The first-order valence-corrected chi connectivity index (χ1v) is 6.46. The average molecular weight is 267 g/mol. The first kappa shape index (κ1) is 14.0. The molecule has 4 nitrogen and oxygen atoms in total. The molecule has 20 heavy (non-hydrogen) atoms. The number of hydrogen-bond donors (Lipinski definition) is 0. The summed E-state index contributed by atoms with van der Waals surface area (Å²) in [5, 5.41) is 8.75. The highest BCUT2D eigenvalue weighted by Gasteiger charge is 2.16. The summed E-state index contributed by atoms with van der Waals surface area (Å²) in [6.07, 6.45) is 1.58. The van der Waals surface area contributed by atoms with E-state index in [1.807, 2.05) is 32.9 Å². The van der Waals surface area contributed by atoms with Gasteiger partial charge in [0.1, 0.15) is 0 Å². The zero-order valence-corrected chi connectivity index (χ0v) is 11.9. The van der Waals surface area contributed by atoms with E-state index in [1.54, 1.807) is 29.1 Å². The molecule has 0 saturated heterocycles. The van der Waals surface area contributed by atoms with Crippen molar-refractivity contribution in [2.45, 2.75) is 32.7 Å². The Bertz CT molecular complexity index is 700. The molecule has 0 aliphatic heterocycles. The van der Waals surface area contributed by atoms with Gasteiger partial charge < -0.3 is 0 Å². The topological polar surface area (TPSA) is 58.7 Å². The first-order valence-electron chi connectivity index (χ1n) is 6.46. The van der Waals surface area contributed by atoms with Crippen LogP contribution in [-0.4, -0.2) is 9.55 Å². The van der Waals surface area contributed by atoms with E-state index in [-0.39, 0.29) is 11.0 Å². The fraction of sp³-hybridized carbons (Fsp3) is 0.312. The van der Waals surface area contributed by atoms with Crippen LogP contribution in [0.1, 0.15) is 37.6 Å². The lowest BCUT2D eigenvalue weighted by atomic mass is 9.92. The van der Waals surface area contributed by atoms with Crippen molar-refractivity contribution in [1.82, 2.24) is 9.55 Å². The number of nitrogens with zero attached hydrogens (tertiary/aromatic N) is 3. The Balaban J connectivity index is 2.26. The lowest BCUT2D eigenvalue weighted by Gasteiger charge is -2.17. The van der Waals surface area contributed by atoms with E-state index in [9.17, 15) is 4.79 Å². The fourth-order valence-electron chi connectivity index (χ4n) is 1.84. The third-order valence-corrected chi connectivity index (χ3v) is 3.08. The molecule has 0 amide bonds. The molecule has 102 valence electrons. The third kappa shape index (κ3) is 3.12. The van der Waals surface area contributed by atoms with Crippen molar-refractivity contribution in [2.75, 3.05) is 0 Å². The highest BCUT2D eigenvalue weighted by atomic mass is 16.1. The largest absolute Gasteiger partial charge is 0.295 e. The van der Waals surface area contributed by atoms with Gasteiger partial charge in [-0.05, 0) is 17.7 Å². The molecule has 0 spiro atoms. The van der Waals surface area contributed by atoms with Crippen molar-refractivity contribution in [3.8, 4) is 6.07 Å². The van der Waals surface area contributed by atoms with Gasteiger partial charge in [0.2, 0.25) is 0 Å². The van der Waals surface area contributed by atoms with Crippen LogP contribution in [0.3, 0.4) is 0 Å². The average Bonchev–Trinajstić information content (AvgIpc) is 2.41. The molecule has 0 bridgehead atoms. The van der Waals surface area contributed by atoms with Gasteiger partial charge in [-0.1, -0.05) is 32.9 Å². The molecular formula is C16H17N3O. The Morgan fingerprint density at radius 2 is 1.90 bits per heavy atom. The molecule has 0 aliphatic carbocycles. The van der Waals surface area contributed by atoms with Crippen LogP contribution in [0.5, 0.6) is 0 Å². The van der Waals surface area contributed by atoms with Gasteiger partial charge >= 0.3 is 0 Å². The third-order valence-electron chi connectivity index (χ3n) is 3.08. The second-order valence-electron chi connectivity index (χ2n) is 5.80. The van der Waals surface area contributed by atoms with E-state index in [2.05, 4.69) is 11.1 Å². The minimum atomic E-state index is -0.132. The van der Waals surface area contributed by atoms with E-state index >= 15 is 0 Å². The van der Waals surface area contributed by atoms with E-state index in [0.29, 0.717) is 12.1 Å². The van der Waals surface area contributed by atoms with Crippen molar-refractivity contribution in [3.63, 3.8) is 0 Å².